The molecule has 0 aliphatic rings. The highest BCUT2D eigenvalue weighted by Crippen LogP contribution is 2.26. The number of rotatable bonds is 3. The van der Waals surface area contributed by atoms with Crippen LogP contribution in [0.1, 0.15) is 10.4 Å². The van der Waals surface area contributed by atoms with Crippen molar-refractivity contribution in [3.8, 4) is 11.5 Å². The number of nitrogens with zero attached hydrogens (tertiary/aromatic N) is 2. The summed E-state index contributed by atoms with van der Waals surface area (Å²) in [5, 5.41) is 2.94. The van der Waals surface area contributed by atoms with Crippen molar-refractivity contribution in [1.29, 1.82) is 0 Å². The van der Waals surface area contributed by atoms with Crippen LogP contribution in [0.15, 0.2) is 65.2 Å². The number of fused-ring (bicyclic) bond motifs is 1. The van der Waals surface area contributed by atoms with Crippen LogP contribution in [0.2, 0.25) is 0 Å². The maximum absolute atomic E-state index is 12.6. The topological polar surface area (TPSA) is 68.0 Å². The van der Waals surface area contributed by atoms with Crippen LogP contribution in [-0.4, -0.2) is 15.9 Å². The molecule has 2 heterocycles. The Morgan fingerprint density at radius 1 is 1.04 bits per heavy atom. The zero-order chi connectivity index (χ0) is 18.1. The fourth-order valence-electron chi connectivity index (χ4n) is 2.49. The van der Waals surface area contributed by atoms with Crippen molar-refractivity contribution in [3.63, 3.8) is 0 Å². The molecule has 0 fully saturated rings. The molecular weight excluding hydrogens is 556 g/mol. The van der Waals surface area contributed by atoms with Crippen LogP contribution in [0, 0.1) is 7.14 Å². The summed E-state index contributed by atoms with van der Waals surface area (Å²) in [5.74, 6) is 0.322. The van der Waals surface area contributed by atoms with Gasteiger partial charge in [0.1, 0.15) is 0 Å². The van der Waals surface area contributed by atoms with Gasteiger partial charge in [0.2, 0.25) is 5.89 Å². The molecule has 0 saturated carbocycles. The highest BCUT2D eigenvalue weighted by Gasteiger charge is 2.13. The Kier molecular flexibility index (Phi) is 4.90. The largest absolute Gasteiger partial charge is 0.434 e. The van der Waals surface area contributed by atoms with E-state index in [2.05, 4.69) is 60.5 Å². The molecule has 0 unspecified atom stereocenters. The quantitative estimate of drug-likeness (QED) is 0.339. The molecule has 1 amide bonds. The highest BCUT2D eigenvalue weighted by molar-refractivity contribution is 14.1. The van der Waals surface area contributed by atoms with E-state index in [1.807, 2.05) is 48.5 Å². The number of hydrogen-bond acceptors (Lipinski definition) is 4. The number of anilines is 1. The van der Waals surface area contributed by atoms with Gasteiger partial charge in [0.05, 0.1) is 5.56 Å². The number of nitrogens with one attached hydrogen (secondary N) is 1. The maximum Gasteiger partial charge on any atom is 0.256 e. The van der Waals surface area contributed by atoms with E-state index in [0.29, 0.717) is 28.4 Å². The van der Waals surface area contributed by atoms with Gasteiger partial charge in [0, 0.05) is 24.6 Å². The standard InChI is InChI=1S/C19H11I2N3O2/c20-12-6-7-15(21)14(10-12)18(25)23-13-4-1-3-11(9-13)19-24-17-16(26-19)5-2-8-22-17/h1-10H,(H,23,25). The van der Waals surface area contributed by atoms with Gasteiger partial charge in [-0.3, -0.25) is 4.79 Å². The minimum Gasteiger partial charge on any atom is -0.434 e. The van der Waals surface area contributed by atoms with Gasteiger partial charge >= 0.3 is 0 Å². The molecule has 0 saturated heterocycles. The van der Waals surface area contributed by atoms with Crippen molar-refractivity contribution in [2.24, 2.45) is 0 Å². The van der Waals surface area contributed by atoms with Crippen molar-refractivity contribution in [2.45, 2.75) is 0 Å². The average molecular weight is 567 g/mol. The lowest BCUT2D eigenvalue weighted by Crippen LogP contribution is -2.13. The molecule has 7 heteroatoms. The van der Waals surface area contributed by atoms with E-state index in [4.69, 9.17) is 4.42 Å². The number of carbonyl (C=O) groups is 1. The number of benzene rings is 2. The molecule has 2 aromatic carbocycles. The molecule has 26 heavy (non-hydrogen) atoms. The Labute approximate surface area is 176 Å². The van der Waals surface area contributed by atoms with Gasteiger partial charge in [-0.1, -0.05) is 6.07 Å². The van der Waals surface area contributed by atoms with Crippen LogP contribution < -0.4 is 5.32 Å². The van der Waals surface area contributed by atoms with Gasteiger partial charge < -0.3 is 9.73 Å². The van der Waals surface area contributed by atoms with E-state index >= 15 is 0 Å². The Hall–Kier alpha value is -2.01. The first-order chi connectivity index (χ1) is 12.6. The van der Waals surface area contributed by atoms with Gasteiger partial charge in [0.25, 0.3) is 5.91 Å². The molecule has 128 valence electrons. The summed E-state index contributed by atoms with van der Waals surface area (Å²) in [4.78, 5) is 21.2. The number of hydrogen-bond donors (Lipinski definition) is 1. The van der Waals surface area contributed by atoms with E-state index in [-0.39, 0.29) is 5.91 Å². The summed E-state index contributed by atoms with van der Waals surface area (Å²) >= 11 is 4.36. The third kappa shape index (κ3) is 3.58. The summed E-state index contributed by atoms with van der Waals surface area (Å²) < 4.78 is 7.66. The van der Waals surface area contributed by atoms with Crippen molar-refractivity contribution in [3.05, 3.63) is 73.5 Å². The Bertz CT molecular complexity index is 1090. The molecular formula is C19H11I2N3O2. The molecule has 0 spiro atoms. The van der Waals surface area contributed by atoms with Crippen LogP contribution in [0.4, 0.5) is 5.69 Å². The predicted molar refractivity (Wildman–Crippen MR) is 117 cm³/mol. The molecule has 0 radical (unpaired) electrons. The van der Waals surface area contributed by atoms with E-state index in [1.165, 1.54) is 0 Å². The number of carbonyl (C=O) groups excluding carboxylic acids is 1. The zero-order valence-corrected chi connectivity index (χ0v) is 17.6. The Morgan fingerprint density at radius 2 is 1.92 bits per heavy atom. The fraction of sp³-hybridized carbons (Fsp3) is 0. The van der Waals surface area contributed by atoms with Gasteiger partial charge in [-0.25, -0.2) is 4.98 Å². The first-order valence-corrected chi connectivity index (χ1v) is 9.84. The second-order valence-corrected chi connectivity index (χ2v) is 7.91. The molecule has 0 aliphatic heterocycles. The minimum absolute atomic E-state index is 0.149. The number of halogens is 2. The fourth-order valence-corrected chi connectivity index (χ4v) is 3.56. The number of pyridine rings is 1. The number of amides is 1. The van der Waals surface area contributed by atoms with Crippen molar-refractivity contribution < 1.29 is 9.21 Å². The van der Waals surface area contributed by atoms with Gasteiger partial charge in [-0.05, 0) is 93.7 Å². The highest BCUT2D eigenvalue weighted by atomic mass is 127. The van der Waals surface area contributed by atoms with E-state index in [1.54, 1.807) is 12.3 Å². The average Bonchev–Trinajstić information content (AvgIpc) is 3.08. The second kappa shape index (κ2) is 7.31. The lowest BCUT2D eigenvalue weighted by atomic mass is 10.1. The monoisotopic (exact) mass is 567 g/mol. The summed E-state index contributed by atoms with van der Waals surface area (Å²) in [7, 11) is 0. The van der Waals surface area contributed by atoms with E-state index in [0.717, 1.165) is 12.7 Å². The van der Waals surface area contributed by atoms with Gasteiger partial charge in [-0.15, -0.1) is 0 Å². The van der Waals surface area contributed by atoms with Gasteiger partial charge in [0.15, 0.2) is 11.2 Å². The molecule has 4 rings (SSSR count). The van der Waals surface area contributed by atoms with Gasteiger partial charge in [-0.2, -0.15) is 4.98 Å². The summed E-state index contributed by atoms with van der Waals surface area (Å²) in [6.07, 6.45) is 1.67. The van der Waals surface area contributed by atoms with E-state index in [9.17, 15) is 4.79 Å². The first-order valence-electron chi connectivity index (χ1n) is 7.68. The molecule has 4 aromatic rings. The zero-order valence-electron chi connectivity index (χ0n) is 13.2. The molecule has 0 bridgehead atoms. The normalized spacial score (nSPS) is 10.8. The summed E-state index contributed by atoms with van der Waals surface area (Å²) in [6.45, 7) is 0. The molecule has 0 atom stereocenters. The Morgan fingerprint density at radius 3 is 2.77 bits per heavy atom. The van der Waals surface area contributed by atoms with Crippen molar-refractivity contribution in [2.75, 3.05) is 5.32 Å². The van der Waals surface area contributed by atoms with Crippen molar-refractivity contribution >= 4 is 68.0 Å². The SMILES string of the molecule is O=C(Nc1cccc(-c2nc3ncccc3o2)c1)c1cc(I)ccc1I. The minimum atomic E-state index is -0.149. The van der Waals surface area contributed by atoms with Crippen LogP contribution in [0.25, 0.3) is 22.7 Å². The number of aromatic nitrogens is 2. The lowest BCUT2D eigenvalue weighted by Gasteiger charge is -2.08. The number of oxazole rings is 1. The third-order valence-electron chi connectivity index (χ3n) is 3.71. The molecule has 1 N–H and O–H groups in total. The van der Waals surface area contributed by atoms with E-state index < -0.39 is 0 Å². The van der Waals surface area contributed by atoms with Crippen molar-refractivity contribution in [1.82, 2.24) is 9.97 Å². The predicted octanol–water partition coefficient (Wildman–Crippen LogP) is 5.35. The van der Waals surface area contributed by atoms with Crippen LogP contribution >= 0.6 is 45.2 Å². The second-order valence-electron chi connectivity index (χ2n) is 5.50. The lowest BCUT2D eigenvalue weighted by molar-refractivity contribution is 0.102. The van der Waals surface area contributed by atoms with Crippen LogP contribution in [0.5, 0.6) is 0 Å². The molecule has 2 aromatic heterocycles. The smallest absolute Gasteiger partial charge is 0.256 e. The Balaban J connectivity index is 1.63. The summed E-state index contributed by atoms with van der Waals surface area (Å²) in [6, 6.07) is 16.8. The molecule has 5 nitrogen and oxygen atoms in total. The third-order valence-corrected chi connectivity index (χ3v) is 5.32. The van der Waals surface area contributed by atoms with Crippen LogP contribution in [-0.2, 0) is 0 Å². The first kappa shape index (κ1) is 17.4. The molecule has 0 aliphatic carbocycles. The van der Waals surface area contributed by atoms with Crippen LogP contribution in [0.3, 0.4) is 0 Å². The maximum atomic E-state index is 12.6. The summed E-state index contributed by atoms with van der Waals surface area (Å²) in [5.41, 5.74) is 3.29.